The Labute approximate surface area is 101 Å². The molecule has 0 aromatic carbocycles. The quantitative estimate of drug-likeness (QED) is 0.828. The maximum Gasteiger partial charge on any atom is 0.197 e. The van der Waals surface area contributed by atoms with E-state index in [4.69, 9.17) is 0 Å². The molecule has 0 spiro atoms. The van der Waals surface area contributed by atoms with Gasteiger partial charge in [-0.15, -0.1) is 0 Å². The first-order valence-corrected chi connectivity index (χ1v) is 5.95. The Morgan fingerprint density at radius 3 is 2.82 bits per heavy atom. The van der Waals surface area contributed by atoms with Crippen molar-refractivity contribution >= 4 is 5.82 Å². The van der Waals surface area contributed by atoms with Gasteiger partial charge in [0.25, 0.3) is 0 Å². The van der Waals surface area contributed by atoms with Gasteiger partial charge >= 0.3 is 0 Å². The van der Waals surface area contributed by atoms with Crippen LogP contribution in [0.3, 0.4) is 0 Å². The summed E-state index contributed by atoms with van der Waals surface area (Å²) in [6, 6.07) is 2.00. The second kappa shape index (κ2) is 5.43. The van der Waals surface area contributed by atoms with Crippen molar-refractivity contribution in [2.24, 2.45) is 0 Å². The van der Waals surface area contributed by atoms with Crippen LogP contribution in [-0.2, 0) is 6.42 Å². The van der Waals surface area contributed by atoms with Crippen molar-refractivity contribution in [2.45, 2.75) is 26.7 Å². The number of anilines is 1. The highest BCUT2D eigenvalue weighted by atomic mass is 15.1. The van der Waals surface area contributed by atoms with E-state index in [0.29, 0.717) is 11.6 Å². The van der Waals surface area contributed by atoms with Gasteiger partial charge in [0.2, 0.25) is 0 Å². The first-order chi connectivity index (χ1) is 8.33. The third kappa shape index (κ3) is 2.81. The van der Waals surface area contributed by atoms with E-state index in [2.05, 4.69) is 32.2 Å². The minimum atomic E-state index is 0.650. The first kappa shape index (κ1) is 11.6. The maximum atomic E-state index is 4.50. The highest BCUT2D eigenvalue weighted by Crippen LogP contribution is 2.15. The molecule has 0 fully saturated rings. The lowest BCUT2D eigenvalue weighted by Gasteiger charge is -2.07. The number of aromatic amines is 1. The summed E-state index contributed by atoms with van der Waals surface area (Å²) in [4.78, 5) is 16.1. The van der Waals surface area contributed by atoms with Gasteiger partial charge in [0, 0.05) is 30.7 Å². The van der Waals surface area contributed by atoms with Gasteiger partial charge in [0.15, 0.2) is 11.6 Å². The van der Waals surface area contributed by atoms with Crippen LogP contribution >= 0.6 is 0 Å². The second-order valence-corrected chi connectivity index (χ2v) is 3.79. The number of nitrogens with zero attached hydrogens (tertiary/aromatic N) is 3. The fraction of sp³-hybridized carbons (Fsp3) is 0.417. The summed E-state index contributed by atoms with van der Waals surface area (Å²) in [6.07, 6.45) is 5.50. The highest BCUT2D eigenvalue weighted by molar-refractivity contribution is 5.49. The molecule has 0 atom stereocenters. The number of nitrogens with one attached hydrogen (secondary N) is 2. The van der Waals surface area contributed by atoms with E-state index in [1.807, 2.05) is 13.0 Å². The van der Waals surface area contributed by atoms with Crippen molar-refractivity contribution < 1.29 is 0 Å². The number of aryl methyl sites for hydroxylation is 1. The van der Waals surface area contributed by atoms with Crippen LogP contribution in [0.5, 0.6) is 0 Å². The van der Waals surface area contributed by atoms with E-state index in [-0.39, 0.29) is 0 Å². The van der Waals surface area contributed by atoms with Crippen molar-refractivity contribution in [1.82, 2.24) is 19.9 Å². The van der Waals surface area contributed by atoms with Gasteiger partial charge in [-0.3, -0.25) is 0 Å². The lowest BCUT2D eigenvalue weighted by Crippen LogP contribution is -2.04. The van der Waals surface area contributed by atoms with Crippen LogP contribution in [0, 0.1) is 0 Å². The van der Waals surface area contributed by atoms with Crippen LogP contribution in [0.1, 0.15) is 26.0 Å². The maximum absolute atomic E-state index is 4.50. The van der Waals surface area contributed by atoms with Crippen LogP contribution < -0.4 is 5.32 Å². The molecule has 0 radical (unpaired) electrons. The number of rotatable bonds is 5. The van der Waals surface area contributed by atoms with Crippen LogP contribution in [0.2, 0.25) is 0 Å². The van der Waals surface area contributed by atoms with Gasteiger partial charge < -0.3 is 10.3 Å². The topological polar surface area (TPSA) is 66.5 Å². The molecule has 0 aliphatic rings. The Hall–Kier alpha value is -1.91. The van der Waals surface area contributed by atoms with E-state index in [1.54, 1.807) is 12.4 Å². The van der Waals surface area contributed by atoms with Crippen molar-refractivity contribution in [3.63, 3.8) is 0 Å². The molecular formula is C12H17N5. The summed E-state index contributed by atoms with van der Waals surface area (Å²) in [5.41, 5.74) is 1.05. The molecule has 2 rings (SSSR count). The zero-order valence-electron chi connectivity index (χ0n) is 10.2. The van der Waals surface area contributed by atoms with Gasteiger partial charge in [0.1, 0.15) is 5.82 Å². The molecular weight excluding hydrogens is 214 g/mol. The predicted octanol–water partition coefficient (Wildman–Crippen LogP) is 2.25. The summed E-state index contributed by atoms with van der Waals surface area (Å²) >= 11 is 0. The lowest BCUT2D eigenvalue weighted by atomic mass is 10.2. The van der Waals surface area contributed by atoms with Crippen LogP contribution in [0.4, 0.5) is 5.82 Å². The molecule has 2 N–H and O–H groups in total. The van der Waals surface area contributed by atoms with Crippen molar-refractivity contribution in [2.75, 3.05) is 11.9 Å². The van der Waals surface area contributed by atoms with Crippen LogP contribution in [-0.4, -0.2) is 26.5 Å². The van der Waals surface area contributed by atoms with E-state index >= 15 is 0 Å². The Bertz CT molecular complexity index is 440. The minimum absolute atomic E-state index is 0.650. The zero-order valence-corrected chi connectivity index (χ0v) is 10.2. The van der Waals surface area contributed by atoms with Gasteiger partial charge in [-0.1, -0.05) is 13.3 Å². The standard InChI is InChI=1S/C12H17N5/c1-3-5-9-8-10(13-4-2)17-12(16-9)11-14-6-7-15-11/h6-8H,3-5H2,1-2H3,(H,14,15)(H,13,16,17). The smallest absolute Gasteiger partial charge is 0.197 e. The highest BCUT2D eigenvalue weighted by Gasteiger charge is 2.07. The summed E-state index contributed by atoms with van der Waals surface area (Å²) in [5, 5.41) is 3.22. The second-order valence-electron chi connectivity index (χ2n) is 3.79. The number of hydrogen-bond donors (Lipinski definition) is 2. The molecule has 17 heavy (non-hydrogen) atoms. The Balaban J connectivity index is 2.37. The van der Waals surface area contributed by atoms with Crippen molar-refractivity contribution in [3.05, 3.63) is 24.2 Å². The SMILES string of the molecule is CCCc1cc(NCC)nc(-c2ncc[nH]2)n1. The molecule has 5 heteroatoms. The largest absolute Gasteiger partial charge is 0.370 e. The molecule has 0 aliphatic heterocycles. The van der Waals surface area contributed by atoms with Crippen LogP contribution in [0.25, 0.3) is 11.6 Å². The molecule has 0 unspecified atom stereocenters. The monoisotopic (exact) mass is 231 g/mol. The average Bonchev–Trinajstić information content (AvgIpc) is 2.83. The molecule has 0 bridgehead atoms. The predicted molar refractivity (Wildman–Crippen MR) is 67.8 cm³/mol. The fourth-order valence-electron chi connectivity index (χ4n) is 1.65. The van der Waals surface area contributed by atoms with Gasteiger partial charge in [0.05, 0.1) is 0 Å². The molecule has 5 nitrogen and oxygen atoms in total. The lowest BCUT2D eigenvalue weighted by molar-refractivity contribution is 0.872. The Morgan fingerprint density at radius 2 is 2.18 bits per heavy atom. The molecule has 2 aromatic heterocycles. The van der Waals surface area contributed by atoms with Gasteiger partial charge in [-0.25, -0.2) is 15.0 Å². The van der Waals surface area contributed by atoms with Gasteiger partial charge in [-0.2, -0.15) is 0 Å². The Kier molecular flexibility index (Phi) is 3.69. The molecule has 0 saturated carbocycles. The van der Waals surface area contributed by atoms with E-state index < -0.39 is 0 Å². The number of aromatic nitrogens is 4. The molecule has 0 amide bonds. The minimum Gasteiger partial charge on any atom is -0.370 e. The molecule has 2 aromatic rings. The van der Waals surface area contributed by atoms with Gasteiger partial charge in [-0.05, 0) is 13.3 Å². The normalized spacial score (nSPS) is 10.5. The van der Waals surface area contributed by atoms with Crippen molar-refractivity contribution in [3.8, 4) is 11.6 Å². The van der Waals surface area contributed by atoms with E-state index in [9.17, 15) is 0 Å². The zero-order chi connectivity index (χ0) is 12.1. The third-order valence-electron chi connectivity index (χ3n) is 2.35. The molecule has 90 valence electrons. The van der Waals surface area contributed by atoms with Crippen molar-refractivity contribution in [1.29, 1.82) is 0 Å². The first-order valence-electron chi connectivity index (χ1n) is 5.95. The van der Waals surface area contributed by atoms with Crippen LogP contribution in [0.15, 0.2) is 18.5 Å². The average molecular weight is 231 g/mol. The number of hydrogen-bond acceptors (Lipinski definition) is 4. The number of imidazole rings is 1. The van der Waals surface area contributed by atoms with E-state index in [1.165, 1.54) is 0 Å². The Morgan fingerprint density at radius 1 is 1.29 bits per heavy atom. The fourth-order valence-corrected chi connectivity index (χ4v) is 1.65. The molecule has 0 saturated heterocycles. The third-order valence-corrected chi connectivity index (χ3v) is 2.35. The molecule has 2 heterocycles. The summed E-state index contributed by atoms with van der Waals surface area (Å²) in [6.45, 7) is 5.04. The summed E-state index contributed by atoms with van der Waals surface area (Å²) < 4.78 is 0. The number of H-pyrrole nitrogens is 1. The molecule has 0 aliphatic carbocycles. The summed E-state index contributed by atoms with van der Waals surface area (Å²) in [5.74, 6) is 2.22. The van der Waals surface area contributed by atoms with E-state index in [0.717, 1.165) is 30.9 Å². The summed E-state index contributed by atoms with van der Waals surface area (Å²) in [7, 11) is 0.